The summed E-state index contributed by atoms with van der Waals surface area (Å²) in [5.74, 6) is -0.908. The second kappa shape index (κ2) is 5.98. The lowest BCUT2D eigenvalue weighted by molar-refractivity contribution is -0.123. The maximum absolute atomic E-state index is 13.0. The number of amides is 2. The Hall–Kier alpha value is -3.28. The maximum atomic E-state index is 13.0. The Labute approximate surface area is 144 Å². The molecule has 2 amide bonds. The molecule has 0 fully saturated rings. The van der Waals surface area contributed by atoms with E-state index in [2.05, 4.69) is 16.0 Å². The van der Waals surface area contributed by atoms with Crippen LogP contribution in [-0.2, 0) is 11.2 Å². The van der Waals surface area contributed by atoms with Gasteiger partial charge in [-0.1, -0.05) is 30.3 Å². The van der Waals surface area contributed by atoms with Crippen LogP contribution in [0.25, 0.3) is 11.0 Å². The summed E-state index contributed by atoms with van der Waals surface area (Å²) in [4.78, 5) is 35.2. The zero-order chi connectivity index (χ0) is 17.4. The van der Waals surface area contributed by atoms with Gasteiger partial charge >= 0.3 is 0 Å². The Morgan fingerprint density at radius 3 is 2.80 bits per heavy atom. The average molecular weight is 331 g/mol. The third-order valence-corrected chi connectivity index (χ3v) is 4.41. The van der Waals surface area contributed by atoms with E-state index in [1.807, 2.05) is 24.3 Å². The number of aromatic nitrogens is 2. The minimum absolute atomic E-state index is 0.205. The number of hydrogen-bond donors (Lipinski definition) is 1. The highest BCUT2D eigenvalue weighted by Gasteiger charge is 2.35. The van der Waals surface area contributed by atoms with Crippen molar-refractivity contribution in [1.29, 1.82) is 0 Å². The number of primary amides is 1. The highest BCUT2D eigenvalue weighted by atomic mass is 16.2. The molecular formula is C19H15N4O2. The number of fused-ring (bicyclic) bond motifs is 2. The first-order chi connectivity index (χ1) is 12.1. The monoisotopic (exact) mass is 331 g/mol. The van der Waals surface area contributed by atoms with Crippen LogP contribution in [0.3, 0.4) is 0 Å². The van der Waals surface area contributed by atoms with E-state index in [9.17, 15) is 9.59 Å². The maximum Gasteiger partial charge on any atom is 0.275 e. The Morgan fingerprint density at radius 2 is 2.00 bits per heavy atom. The van der Waals surface area contributed by atoms with Crippen molar-refractivity contribution in [3.63, 3.8) is 0 Å². The SMILES string of the molecule is NC(=O)C1c2cc[c]cc2CCN1C(=O)c1cnc2ccccc2n1. The number of nitrogens with two attached hydrogens (primary N) is 1. The molecule has 0 saturated heterocycles. The lowest BCUT2D eigenvalue weighted by atomic mass is 9.92. The number of nitrogens with zero attached hydrogens (tertiary/aromatic N) is 3. The van der Waals surface area contributed by atoms with E-state index in [0.29, 0.717) is 24.0 Å². The molecule has 2 aromatic carbocycles. The summed E-state index contributed by atoms with van der Waals surface area (Å²) >= 11 is 0. The predicted octanol–water partition coefficient (Wildman–Crippen LogP) is 1.65. The van der Waals surface area contributed by atoms with Crippen LogP contribution in [0, 0.1) is 6.07 Å². The van der Waals surface area contributed by atoms with Gasteiger partial charge in [0.2, 0.25) is 5.91 Å². The largest absolute Gasteiger partial charge is 0.368 e. The second-order valence-electron chi connectivity index (χ2n) is 5.92. The molecule has 1 unspecified atom stereocenters. The molecule has 1 aliphatic rings. The standard InChI is InChI=1S/C19H15N4O2/c20-18(24)17-13-6-2-1-5-12(13)9-10-23(17)19(25)16-11-21-14-7-3-4-8-15(14)22-16/h2-8,11,17H,9-10H2,(H2,20,24). The molecule has 6 heteroatoms. The minimum atomic E-state index is -0.806. The number of hydrogen-bond acceptors (Lipinski definition) is 4. The molecule has 0 aliphatic carbocycles. The Kier molecular flexibility index (Phi) is 3.65. The lowest BCUT2D eigenvalue weighted by Gasteiger charge is -2.35. The summed E-state index contributed by atoms with van der Waals surface area (Å²) in [6, 6.07) is 14.9. The number of rotatable bonds is 2. The van der Waals surface area contributed by atoms with Crippen LogP contribution >= 0.6 is 0 Å². The molecule has 0 spiro atoms. The molecule has 1 radical (unpaired) electrons. The van der Waals surface area contributed by atoms with E-state index < -0.39 is 11.9 Å². The van der Waals surface area contributed by atoms with Gasteiger partial charge in [0, 0.05) is 6.54 Å². The van der Waals surface area contributed by atoms with Gasteiger partial charge in [0.25, 0.3) is 5.91 Å². The Balaban J connectivity index is 1.74. The van der Waals surface area contributed by atoms with Gasteiger partial charge in [-0.25, -0.2) is 4.98 Å². The molecule has 1 aliphatic heterocycles. The van der Waals surface area contributed by atoms with Gasteiger partial charge in [-0.05, 0) is 35.7 Å². The fourth-order valence-electron chi connectivity index (χ4n) is 3.23. The van der Waals surface area contributed by atoms with Crippen molar-refractivity contribution < 1.29 is 9.59 Å². The quantitative estimate of drug-likeness (QED) is 0.773. The van der Waals surface area contributed by atoms with Crippen molar-refractivity contribution in [2.75, 3.05) is 6.54 Å². The molecule has 123 valence electrons. The summed E-state index contributed by atoms with van der Waals surface area (Å²) in [7, 11) is 0. The van der Waals surface area contributed by atoms with Crippen molar-refractivity contribution in [1.82, 2.24) is 14.9 Å². The van der Waals surface area contributed by atoms with Crippen LogP contribution in [0.15, 0.2) is 48.7 Å². The minimum Gasteiger partial charge on any atom is -0.368 e. The predicted molar refractivity (Wildman–Crippen MR) is 91.5 cm³/mol. The van der Waals surface area contributed by atoms with Crippen LogP contribution in [-0.4, -0.2) is 33.2 Å². The van der Waals surface area contributed by atoms with Gasteiger partial charge in [0.05, 0.1) is 17.2 Å². The number of benzene rings is 2. The first kappa shape index (κ1) is 15.3. The van der Waals surface area contributed by atoms with Gasteiger partial charge in [-0.3, -0.25) is 14.6 Å². The number of para-hydroxylation sites is 2. The Morgan fingerprint density at radius 1 is 1.20 bits per heavy atom. The van der Waals surface area contributed by atoms with Gasteiger partial charge in [-0.15, -0.1) is 0 Å². The van der Waals surface area contributed by atoms with E-state index in [0.717, 1.165) is 11.1 Å². The van der Waals surface area contributed by atoms with Crippen molar-refractivity contribution in [3.05, 3.63) is 71.5 Å². The zero-order valence-electron chi connectivity index (χ0n) is 13.3. The fourth-order valence-corrected chi connectivity index (χ4v) is 3.23. The fraction of sp³-hybridized carbons (Fsp3) is 0.158. The summed E-state index contributed by atoms with van der Waals surface area (Å²) in [5, 5.41) is 0. The van der Waals surface area contributed by atoms with Crippen molar-refractivity contribution in [2.45, 2.75) is 12.5 Å². The normalized spacial score (nSPS) is 16.5. The van der Waals surface area contributed by atoms with Gasteiger partial charge in [-0.2, -0.15) is 0 Å². The smallest absolute Gasteiger partial charge is 0.275 e. The molecule has 3 aromatic rings. The average Bonchev–Trinajstić information content (AvgIpc) is 2.66. The Bertz CT molecular complexity index is 986. The summed E-state index contributed by atoms with van der Waals surface area (Å²) in [6.07, 6.45) is 2.08. The van der Waals surface area contributed by atoms with E-state index in [-0.39, 0.29) is 11.6 Å². The van der Waals surface area contributed by atoms with E-state index >= 15 is 0 Å². The summed E-state index contributed by atoms with van der Waals surface area (Å²) in [5.41, 5.74) is 8.89. The van der Waals surface area contributed by atoms with Crippen molar-refractivity contribution in [3.8, 4) is 0 Å². The molecule has 4 rings (SSSR count). The topological polar surface area (TPSA) is 89.2 Å². The van der Waals surface area contributed by atoms with Crippen LogP contribution in [0.1, 0.15) is 27.7 Å². The van der Waals surface area contributed by atoms with Crippen LogP contribution in [0.2, 0.25) is 0 Å². The first-order valence-corrected chi connectivity index (χ1v) is 7.96. The summed E-state index contributed by atoms with van der Waals surface area (Å²) < 4.78 is 0. The highest BCUT2D eigenvalue weighted by molar-refractivity contribution is 5.97. The lowest BCUT2D eigenvalue weighted by Crippen LogP contribution is -2.46. The van der Waals surface area contributed by atoms with E-state index in [1.54, 1.807) is 18.2 Å². The molecule has 0 bridgehead atoms. The molecule has 1 aromatic heterocycles. The molecular weight excluding hydrogens is 316 g/mol. The zero-order valence-corrected chi connectivity index (χ0v) is 13.3. The third-order valence-electron chi connectivity index (χ3n) is 4.41. The van der Waals surface area contributed by atoms with Crippen molar-refractivity contribution >= 4 is 22.8 Å². The number of carbonyl (C=O) groups is 2. The van der Waals surface area contributed by atoms with Crippen LogP contribution in [0.5, 0.6) is 0 Å². The van der Waals surface area contributed by atoms with E-state index in [4.69, 9.17) is 5.73 Å². The molecule has 1 atom stereocenters. The highest BCUT2D eigenvalue weighted by Crippen LogP contribution is 2.30. The molecule has 6 nitrogen and oxygen atoms in total. The molecule has 2 N–H and O–H groups in total. The number of carbonyl (C=O) groups excluding carboxylic acids is 2. The first-order valence-electron chi connectivity index (χ1n) is 7.96. The van der Waals surface area contributed by atoms with E-state index in [1.165, 1.54) is 11.1 Å². The van der Waals surface area contributed by atoms with Crippen LogP contribution < -0.4 is 5.73 Å². The molecule has 25 heavy (non-hydrogen) atoms. The third kappa shape index (κ3) is 2.61. The van der Waals surface area contributed by atoms with Gasteiger partial charge in [0.15, 0.2) is 0 Å². The van der Waals surface area contributed by atoms with Gasteiger partial charge < -0.3 is 10.6 Å². The molecule has 0 saturated carbocycles. The van der Waals surface area contributed by atoms with Crippen molar-refractivity contribution in [2.24, 2.45) is 5.73 Å². The summed E-state index contributed by atoms with van der Waals surface area (Å²) in [6.45, 7) is 0.395. The van der Waals surface area contributed by atoms with Crippen LogP contribution in [0.4, 0.5) is 0 Å². The van der Waals surface area contributed by atoms with Gasteiger partial charge in [0.1, 0.15) is 11.7 Å². The second-order valence-corrected chi connectivity index (χ2v) is 5.92. The molecule has 2 heterocycles.